The van der Waals surface area contributed by atoms with E-state index in [1.54, 1.807) is 31.2 Å². The fraction of sp³-hybridized carbons (Fsp3) is 0.529. The number of carbonyl (C=O) groups excluding carboxylic acids is 1. The van der Waals surface area contributed by atoms with Crippen molar-refractivity contribution >= 4 is 5.97 Å². The van der Waals surface area contributed by atoms with Crippen LogP contribution >= 0.6 is 0 Å². The molecule has 0 amide bonds. The lowest BCUT2D eigenvalue weighted by Crippen LogP contribution is -2.27. The Labute approximate surface area is 131 Å². The summed E-state index contributed by atoms with van der Waals surface area (Å²) >= 11 is 0. The molecule has 1 rings (SSSR count). The monoisotopic (exact) mass is 305 g/mol. The molecule has 0 saturated carbocycles. The molecule has 0 spiro atoms. The summed E-state index contributed by atoms with van der Waals surface area (Å²) < 4.78 is 15.9. The van der Waals surface area contributed by atoms with Crippen LogP contribution in [0.3, 0.4) is 0 Å². The SMILES string of the molecule is CC(C)CCOCCOC(=O)C(C)Oc1ccccc1C#N. The van der Waals surface area contributed by atoms with Gasteiger partial charge >= 0.3 is 5.97 Å². The minimum Gasteiger partial charge on any atom is -0.478 e. The first-order chi connectivity index (χ1) is 10.5. The van der Waals surface area contributed by atoms with Crippen molar-refractivity contribution in [3.63, 3.8) is 0 Å². The number of benzene rings is 1. The molecule has 0 aliphatic heterocycles. The van der Waals surface area contributed by atoms with Gasteiger partial charge in [-0.1, -0.05) is 26.0 Å². The topological polar surface area (TPSA) is 68.6 Å². The molecule has 0 aliphatic carbocycles. The van der Waals surface area contributed by atoms with Crippen LogP contribution < -0.4 is 4.74 Å². The van der Waals surface area contributed by atoms with Gasteiger partial charge in [-0.3, -0.25) is 0 Å². The largest absolute Gasteiger partial charge is 0.478 e. The van der Waals surface area contributed by atoms with E-state index in [2.05, 4.69) is 13.8 Å². The van der Waals surface area contributed by atoms with Gasteiger partial charge in [0.1, 0.15) is 18.4 Å². The Bertz CT molecular complexity index is 508. The Morgan fingerprint density at radius 1 is 1.18 bits per heavy atom. The van der Waals surface area contributed by atoms with Crippen molar-refractivity contribution in [3.05, 3.63) is 29.8 Å². The summed E-state index contributed by atoms with van der Waals surface area (Å²) in [5.41, 5.74) is 0.388. The van der Waals surface area contributed by atoms with Gasteiger partial charge in [0, 0.05) is 6.61 Å². The third kappa shape index (κ3) is 6.59. The third-order valence-corrected chi connectivity index (χ3v) is 2.95. The summed E-state index contributed by atoms with van der Waals surface area (Å²) in [7, 11) is 0. The maximum Gasteiger partial charge on any atom is 0.347 e. The van der Waals surface area contributed by atoms with Crippen molar-refractivity contribution < 1.29 is 19.0 Å². The molecule has 1 atom stereocenters. The molecule has 0 fully saturated rings. The van der Waals surface area contributed by atoms with Gasteiger partial charge in [-0.15, -0.1) is 0 Å². The van der Waals surface area contributed by atoms with Gasteiger partial charge in [0.05, 0.1) is 12.2 Å². The van der Waals surface area contributed by atoms with Gasteiger partial charge in [0.15, 0.2) is 6.10 Å². The van der Waals surface area contributed by atoms with Crippen LogP contribution in [-0.4, -0.2) is 31.9 Å². The summed E-state index contributed by atoms with van der Waals surface area (Å²) in [5, 5.41) is 8.97. The molecule has 5 nitrogen and oxygen atoms in total. The highest BCUT2D eigenvalue weighted by atomic mass is 16.6. The second kappa shape index (κ2) is 9.80. The average Bonchev–Trinajstić information content (AvgIpc) is 2.50. The molecule has 1 aromatic rings. The highest BCUT2D eigenvalue weighted by Gasteiger charge is 2.17. The Kier molecular flexibility index (Phi) is 8.01. The summed E-state index contributed by atoms with van der Waals surface area (Å²) in [6.45, 7) is 7.08. The summed E-state index contributed by atoms with van der Waals surface area (Å²) in [6.07, 6.45) is 0.212. The van der Waals surface area contributed by atoms with Crippen LogP contribution in [0.2, 0.25) is 0 Å². The molecule has 0 saturated heterocycles. The van der Waals surface area contributed by atoms with Crippen molar-refractivity contribution in [2.24, 2.45) is 5.92 Å². The number of rotatable bonds is 9. The van der Waals surface area contributed by atoms with Crippen molar-refractivity contribution in [1.29, 1.82) is 5.26 Å². The highest BCUT2D eigenvalue weighted by Crippen LogP contribution is 2.18. The second-order valence-corrected chi connectivity index (χ2v) is 5.33. The van der Waals surface area contributed by atoms with Gasteiger partial charge in [-0.25, -0.2) is 4.79 Å². The Morgan fingerprint density at radius 2 is 1.91 bits per heavy atom. The quantitative estimate of drug-likeness (QED) is 0.518. The number of ether oxygens (including phenoxy) is 3. The fourth-order valence-electron chi connectivity index (χ4n) is 1.64. The molecule has 1 unspecified atom stereocenters. The van der Waals surface area contributed by atoms with E-state index in [0.29, 0.717) is 30.4 Å². The Morgan fingerprint density at radius 3 is 2.59 bits per heavy atom. The fourth-order valence-corrected chi connectivity index (χ4v) is 1.64. The molecule has 5 heteroatoms. The minimum atomic E-state index is -0.773. The standard InChI is InChI=1S/C17H23NO4/c1-13(2)8-9-20-10-11-21-17(19)14(3)22-16-7-5-4-6-15(16)12-18/h4-7,13-14H,8-11H2,1-3H3. The lowest BCUT2D eigenvalue weighted by atomic mass is 10.1. The van der Waals surface area contributed by atoms with Crippen LogP contribution in [0, 0.1) is 17.2 Å². The van der Waals surface area contributed by atoms with E-state index in [1.807, 2.05) is 6.07 Å². The van der Waals surface area contributed by atoms with Crippen molar-refractivity contribution in [1.82, 2.24) is 0 Å². The van der Waals surface area contributed by atoms with Crippen molar-refractivity contribution in [2.45, 2.75) is 33.3 Å². The first-order valence-electron chi connectivity index (χ1n) is 7.44. The molecule has 0 heterocycles. The van der Waals surface area contributed by atoms with Crippen LogP contribution in [0.5, 0.6) is 5.75 Å². The molecule has 1 aromatic carbocycles. The zero-order valence-corrected chi connectivity index (χ0v) is 13.4. The first kappa shape index (κ1) is 18.0. The minimum absolute atomic E-state index is 0.199. The molecule has 0 radical (unpaired) electrons. The number of hydrogen-bond donors (Lipinski definition) is 0. The average molecular weight is 305 g/mol. The highest BCUT2D eigenvalue weighted by molar-refractivity contribution is 5.74. The number of hydrogen-bond acceptors (Lipinski definition) is 5. The summed E-state index contributed by atoms with van der Waals surface area (Å²) in [5.74, 6) is 0.499. The van der Waals surface area contributed by atoms with Gasteiger partial charge < -0.3 is 14.2 Å². The van der Waals surface area contributed by atoms with Crippen LogP contribution in [0.15, 0.2) is 24.3 Å². The molecule has 0 bridgehead atoms. The van der Waals surface area contributed by atoms with Gasteiger partial charge in [-0.05, 0) is 31.4 Å². The van der Waals surface area contributed by atoms with E-state index < -0.39 is 12.1 Å². The number of para-hydroxylation sites is 1. The van der Waals surface area contributed by atoms with E-state index in [4.69, 9.17) is 19.5 Å². The first-order valence-corrected chi connectivity index (χ1v) is 7.44. The van der Waals surface area contributed by atoms with Gasteiger partial charge in [-0.2, -0.15) is 5.26 Å². The van der Waals surface area contributed by atoms with E-state index in [0.717, 1.165) is 6.42 Å². The van der Waals surface area contributed by atoms with Gasteiger partial charge in [0.25, 0.3) is 0 Å². The molecule has 0 aromatic heterocycles. The van der Waals surface area contributed by atoms with Crippen LogP contribution in [0.25, 0.3) is 0 Å². The number of carbonyl (C=O) groups is 1. The van der Waals surface area contributed by atoms with E-state index in [9.17, 15) is 4.79 Å². The number of nitrogens with zero attached hydrogens (tertiary/aromatic N) is 1. The van der Waals surface area contributed by atoms with E-state index in [-0.39, 0.29) is 6.61 Å². The zero-order valence-electron chi connectivity index (χ0n) is 13.4. The predicted molar refractivity (Wildman–Crippen MR) is 82.5 cm³/mol. The maximum atomic E-state index is 11.8. The second-order valence-electron chi connectivity index (χ2n) is 5.33. The van der Waals surface area contributed by atoms with Crippen molar-refractivity contribution in [2.75, 3.05) is 19.8 Å². The van der Waals surface area contributed by atoms with Crippen molar-refractivity contribution in [3.8, 4) is 11.8 Å². The molecule has 0 N–H and O–H groups in total. The predicted octanol–water partition coefficient (Wildman–Crippen LogP) is 2.93. The van der Waals surface area contributed by atoms with Crippen LogP contribution in [-0.2, 0) is 14.3 Å². The summed E-state index contributed by atoms with van der Waals surface area (Å²) in [4.78, 5) is 11.8. The molecular formula is C17H23NO4. The van der Waals surface area contributed by atoms with Crippen LogP contribution in [0.4, 0.5) is 0 Å². The van der Waals surface area contributed by atoms with E-state index in [1.165, 1.54) is 0 Å². The Balaban J connectivity index is 2.29. The number of nitriles is 1. The normalized spacial score (nSPS) is 11.8. The zero-order chi connectivity index (χ0) is 16.4. The third-order valence-electron chi connectivity index (χ3n) is 2.95. The molecular weight excluding hydrogens is 282 g/mol. The Hall–Kier alpha value is -2.06. The van der Waals surface area contributed by atoms with E-state index >= 15 is 0 Å². The molecule has 0 aliphatic rings. The number of esters is 1. The van der Waals surface area contributed by atoms with Gasteiger partial charge in [0.2, 0.25) is 0 Å². The lowest BCUT2D eigenvalue weighted by molar-refractivity contribution is -0.152. The lowest BCUT2D eigenvalue weighted by Gasteiger charge is -2.15. The van der Waals surface area contributed by atoms with Crippen LogP contribution in [0.1, 0.15) is 32.8 Å². The molecule has 120 valence electrons. The molecule has 22 heavy (non-hydrogen) atoms. The summed E-state index contributed by atoms with van der Waals surface area (Å²) in [6, 6.07) is 8.79. The smallest absolute Gasteiger partial charge is 0.347 e. The maximum absolute atomic E-state index is 11.8.